The first kappa shape index (κ1) is 14.5. The van der Waals surface area contributed by atoms with Crippen LogP contribution in [0.4, 0.5) is 0 Å². The maximum atomic E-state index is 6.25. The molecule has 2 atom stereocenters. The number of quaternary nitrogens is 1. The van der Waals surface area contributed by atoms with Crippen molar-refractivity contribution >= 4 is 0 Å². The minimum atomic E-state index is 1.02. The van der Waals surface area contributed by atoms with Crippen LogP contribution in [0.15, 0.2) is 0 Å². The molecule has 0 saturated carbocycles. The lowest BCUT2D eigenvalue weighted by Gasteiger charge is -2.20. The lowest BCUT2D eigenvalue weighted by Crippen LogP contribution is -3.13. The summed E-state index contributed by atoms with van der Waals surface area (Å²) < 4.78 is 0. The number of hydrogen-bond donors (Lipinski definition) is 1. The van der Waals surface area contributed by atoms with E-state index >= 15 is 0 Å². The van der Waals surface area contributed by atoms with Gasteiger partial charge in [-0.1, -0.05) is 26.7 Å². The van der Waals surface area contributed by atoms with Crippen LogP contribution in [0.2, 0.25) is 0 Å². The van der Waals surface area contributed by atoms with Gasteiger partial charge in [0.25, 0.3) is 0 Å². The van der Waals surface area contributed by atoms with Crippen LogP contribution in [0, 0.1) is 11.8 Å². The molecule has 0 radical (unpaired) electrons. The van der Waals surface area contributed by atoms with Crippen LogP contribution >= 0.6 is 0 Å². The molecule has 1 heterocycles. The summed E-state index contributed by atoms with van der Waals surface area (Å²) in [6.07, 6.45) is 10.1. The Morgan fingerprint density at radius 1 is 1.20 bits per heavy atom. The number of unbranched alkanes of at least 4 members (excludes halogenated alkanes) is 2. The molecule has 1 rings (SSSR count). The van der Waals surface area contributed by atoms with Crippen LogP contribution in [0.1, 0.15) is 58.8 Å². The van der Waals surface area contributed by atoms with Crippen LogP contribution < -0.4 is 4.90 Å². The van der Waals surface area contributed by atoms with E-state index in [0.717, 1.165) is 6.04 Å². The van der Waals surface area contributed by atoms with Crippen molar-refractivity contribution in [2.45, 2.75) is 64.8 Å². The highest BCUT2D eigenvalue weighted by atomic mass is 15.2. The molecular formula is C13H26N2. The maximum absolute atomic E-state index is 6.25. The SMILES string of the molecule is CCCCC[NH+]1CCCC1CCC.[C-]#N. The number of likely N-dealkylation sites (tertiary alicyclic amines) is 1. The van der Waals surface area contributed by atoms with E-state index < -0.39 is 0 Å². The minimum absolute atomic E-state index is 1.02. The Morgan fingerprint density at radius 2 is 1.93 bits per heavy atom. The summed E-state index contributed by atoms with van der Waals surface area (Å²) in [5, 5.41) is 6.25. The van der Waals surface area contributed by atoms with Crippen molar-refractivity contribution in [1.29, 1.82) is 5.26 Å². The van der Waals surface area contributed by atoms with Crippen LogP contribution in [0.5, 0.6) is 0 Å². The van der Waals surface area contributed by atoms with Crippen molar-refractivity contribution in [1.82, 2.24) is 0 Å². The molecule has 0 bridgehead atoms. The van der Waals surface area contributed by atoms with Crippen molar-refractivity contribution in [3.8, 4) is 0 Å². The van der Waals surface area contributed by atoms with Gasteiger partial charge in [0.2, 0.25) is 0 Å². The molecule has 0 spiro atoms. The number of hydrogen-bond acceptors (Lipinski definition) is 1. The van der Waals surface area contributed by atoms with Gasteiger partial charge in [-0.25, -0.2) is 0 Å². The number of nitrogens with one attached hydrogen (secondary N) is 1. The minimum Gasteiger partial charge on any atom is -0.512 e. The molecule has 2 heteroatoms. The van der Waals surface area contributed by atoms with Crippen molar-refractivity contribution < 1.29 is 4.90 Å². The molecule has 0 aliphatic carbocycles. The van der Waals surface area contributed by atoms with Gasteiger partial charge in [0, 0.05) is 12.8 Å². The summed E-state index contributed by atoms with van der Waals surface area (Å²) in [7, 11) is 0. The van der Waals surface area contributed by atoms with Gasteiger partial charge >= 0.3 is 0 Å². The summed E-state index contributed by atoms with van der Waals surface area (Å²) in [4.78, 5) is 1.91. The third kappa shape index (κ3) is 5.79. The second-order valence-electron chi connectivity index (χ2n) is 4.49. The molecule has 0 aromatic heterocycles. The monoisotopic (exact) mass is 210 g/mol. The van der Waals surface area contributed by atoms with Gasteiger partial charge in [0.15, 0.2) is 0 Å². The van der Waals surface area contributed by atoms with E-state index in [1.165, 1.54) is 58.0 Å². The second kappa shape index (κ2) is 9.98. The summed E-state index contributed by atoms with van der Waals surface area (Å²) in [6.45, 7) is 12.3. The van der Waals surface area contributed by atoms with Gasteiger partial charge in [-0.05, 0) is 19.3 Å². The van der Waals surface area contributed by atoms with E-state index in [1.54, 1.807) is 0 Å². The van der Waals surface area contributed by atoms with E-state index in [1.807, 2.05) is 4.90 Å². The molecule has 88 valence electrons. The molecule has 2 nitrogen and oxygen atoms in total. The quantitative estimate of drug-likeness (QED) is 0.528. The summed E-state index contributed by atoms with van der Waals surface area (Å²) >= 11 is 0. The molecule has 15 heavy (non-hydrogen) atoms. The topological polar surface area (TPSA) is 28.2 Å². The third-order valence-corrected chi connectivity index (χ3v) is 3.37. The first-order valence-electron chi connectivity index (χ1n) is 6.45. The van der Waals surface area contributed by atoms with E-state index in [9.17, 15) is 0 Å². The lowest BCUT2D eigenvalue weighted by molar-refractivity contribution is -0.912. The van der Waals surface area contributed by atoms with Gasteiger partial charge in [-0.2, -0.15) is 0 Å². The largest absolute Gasteiger partial charge is 0.512 e. The fourth-order valence-corrected chi connectivity index (χ4v) is 2.61. The van der Waals surface area contributed by atoms with E-state index in [0.29, 0.717) is 0 Å². The predicted octanol–water partition coefficient (Wildman–Crippen LogP) is 2.12. The highest BCUT2D eigenvalue weighted by Crippen LogP contribution is 2.06. The number of nitrogens with zero attached hydrogens (tertiary/aromatic N) is 1. The molecular weight excluding hydrogens is 184 g/mol. The summed E-state index contributed by atoms with van der Waals surface area (Å²) in [5.41, 5.74) is 0. The van der Waals surface area contributed by atoms with Crippen LogP contribution in [0.25, 0.3) is 0 Å². The van der Waals surface area contributed by atoms with E-state index in [4.69, 9.17) is 11.8 Å². The van der Waals surface area contributed by atoms with Gasteiger partial charge in [0.05, 0.1) is 19.1 Å². The average molecular weight is 210 g/mol. The van der Waals surface area contributed by atoms with Crippen LogP contribution in [-0.2, 0) is 0 Å². The average Bonchev–Trinajstić information content (AvgIpc) is 2.70. The Balaban J connectivity index is 0.000000921. The highest BCUT2D eigenvalue weighted by Gasteiger charge is 2.26. The van der Waals surface area contributed by atoms with Gasteiger partial charge in [-0.3, -0.25) is 0 Å². The fourth-order valence-electron chi connectivity index (χ4n) is 2.61. The molecule has 2 unspecified atom stereocenters. The molecule has 0 aromatic carbocycles. The van der Waals surface area contributed by atoms with Crippen molar-refractivity contribution in [3.63, 3.8) is 0 Å². The van der Waals surface area contributed by atoms with E-state index in [2.05, 4.69) is 13.8 Å². The summed E-state index contributed by atoms with van der Waals surface area (Å²) in [6, 6.07) is 1.02. The molecule has 1 aliphatic rings. The normalized spacial score (nSPS) is 24.5. The van der Waals surface area contributed by atoms with Gasteiger partial charge in [0.1, 0.15) is 0 Å². The Morgan fingerprint density at radius 3 is 2.53 bits per heavy atom. The zero-order chi connectivity index (χ0) is 11.5. The lowest BCUT2D eigenvalue weighted by atomic mass is 10.1. The predicted molar refractivity (Wildman–Crippen MR) is 63.1 cm³/mol. The van der Waals surface area contributed by atoms with Crippen LogP contribution in [-0.4, -0.2) is 19.1 Å². The highest BCUT2D eigenvalue weighted by molar-refractivity contribution is 4.61. The van der Waals surface area contributed by atoms with Crippen molar-refractivity contribution in [2.75, 3.05) is 13.1 Å². The van der Waals surface area contributed by atoms with E-state index in [-0.39, 0.29) is 0 Å². The second-order valence-corrected chi connectivity index (χ2v) is 4.49. The fraction of sp³-hybridized carbons (Fsp3) is 0.923. The van der Waals surface area contributed by atoms with Crippen molar-refractivity contribution in [3.05, 3.63) is 6.57 Å². The first-order valence-corrected chi connectivity index (χ1v) is 6.45. The zero-order valence-corrected chi connectivity index (χ0v) is 10.4. The maximum Gasteiger partial charge on any atom is 0.0876 e. The van der Waals surface area contributed by atoms with Gasteiger partial charge < -0.3 is 16.7 Å². The molecule has 1 aliphatic heterocycles. The molecule has 1 fully saturated rings. The standard InChI is InChI=1S/C12H25N.CN/c1-3-5-6-10-13-11-7-9-12(13)8-4-2;1-2/h12H,3-11H2,1-2H3;/q;-1/p+1. The molecule has 1 N–H and O–H groups in total. The molecule has 1 saturated heterocycles. The number of rotatable bonds is 6. The Hall–Kier alpha value is -0.550. The van der Waals surface area contributed by atoms with Crippen LogP contribution in [0.3, 0.4) is 0 Å². The Kier molecular flexibility index (Phi) is 9.62. The summed E-state index contributed by atoms with van der Waals surface area (Å²) in [5.74, 6) is 0. The smallest absolute Gasteiger partial charge is 0.0876 e. The Bertz CT molecular complexity index is 154. The molecule has 0 amide bonds. The third-order valence-electron chi connectivity index (χ3n) is 3.37. The molecule has 0 aromatic rings. The Labute approximate surface area is 95.3 Å². The van der Waals surface area contributed by atoms with Gasteiger partial charge in [-0.15, -0.1) is 0 Å². The van der Waals surface area contributed by atoms with Crippen molar-refractivity contribution in [2.24, 2.45) is 0 Å². The first-order chi connectivity index (χ1) is 7.38. The zero-order valence-electron chi connectivity index (χ0n) is 10.4.